The standard InChI is InChI=1S/C14H16O4/c15-12-6-10(5-9-3-4-18-14(9)12)11(7-13(16)17)8-1-2-8/h5-6,8,11,15H,1-4,7H2,(H,16,17). The highest BCUT2D eigenvalue weighted by Gasteiger charge is 2.34. The molecule has 2 N–H and O–H groups in total. The number of hydrogen-bond acceptors (Lipinski definition) is 3. The molecule has 3 rings (SSSR count). The van der Waals surface area contributed by atoms with Crippen LogP contribution in [0.15, 0.2) is 12.1 Å². The molecule has 2 aliphatic rings. The van der Waals surface area contributed by atoms with Gasteiger partial charge in [-0.25, -0.2) is 0 Å². The van der Waals surface area contributed by atoms with E-state index < -0.39 is 5.97 Å². The van der Waals surface area contributed by atoms with Crippen LogP contribution in [-0.4, -0.2) is 22.8 Å². The van der Waals surface area contributed by atoms with E-state index in [9.17, 15) is 9.90 Å². The summed E-state index contributed by atoms with van der Waals surface area (Å²) in [6.45, 7) is 0.597. The van der Waals surface area contributed by atoms with Crippen molar-refractivity contribution < 1.29 is 19.7 Å². The summed E-state index contributed by atoms with van der Waals surface area (Å²) in [6.07, 6.45) is 3.11. The lowest BCUT2D eigenvalue weighted by molar-refractivity contribution is -0.137. The van der Waals surface area contributed by atoms with E-state index in [-0.39, 0.29) is 18.1 Å². The maximum Gasteiger partial charge on any atom is 0.303 e. The molecule has 1 aliphatic carbocycles. The topological polar surface area (TPSA) is 66.8 Å². The predicted molar refractivity (Wildman–Crippen MR) is 65.0 cm³/mol. The largest absolute Gasteiger partial charge is 0.504 e. The molecule has 1 unspecified atom stereocenters. The molecule has 4 nitrogen and oxygen atoms in total. The van der Waals surface area contributed by atoms with Crippen LogP contribution in [0, 0.1) is 5.92 Å². The third-order valence-electron chi connectivity index (χ3n) is 3.80. The van der Waals surface area contributed by atoms with Crippen LogP contribution in [0.1, 0.15) is 36.3 Å². The maximum absolute atomic E-state index is 10.9. The molecule has 0 bridgehead atoms. The number of benzene rings is 1. The summed E-state index contributed by atoms with van der Waals surface area (Å²) >= 11 is 0. The van der Waals surface area contributed by atoms with Crippen LogP contribution < -0.4 is 4.74 Å². The summed E-state index contributed by atoms with van der Waals surface area (Å²) in [5.41, 5.74) is 1.95. The van der Waals surface area contributed by atoms with Crippen molar-refractivity contribution in [2.45, 2.75) is 31.6 Å². The Balaban J connectivity index is 1.94. The van der Waals surface area contributed by atoms with Crippen LogP contribution in [0.4, 0.5) is 0 Å². The minimum absolute atomic E-state index is 0.0271. The molecule has 1 atom stereocenters. The Bertz CT molecular complexity index is 491. The van der Waals surface area contributed by atoms with Gasteiger partial charge in [0.2, 0.25) is 0 Å². The van der Waals surface area contributed by atoms with Gasteiger partial charge in [0.05, 0.1) is 13.0 Å². The van der Waals surface area contributed by atoms with E-state index in [1.807, 2.05) is 6.07 Å². The number of aromatic hydroxyl groups is 1. The van der Waals surface area contributed by atoms with Gasteiger partial charge in [-0.2, -0.15) is 0 Å². The first kappa shape index (κ1) is 11.4. The second kappa shape index (κ2) is 4.19. The van der Waals surface area contributed by atoms with Gasteiger partial charge in [-0.1, -0.05) is 6.07 Å². The second-order valence-corrected chi connectivity index (χ2v) is 5.17. The van der Waals surface area contributed by atoms with Crippen molar-refractivity contribution >= 4 is 5.97 Å². The van der Waals surface area contributed by atoms with Gasteiger partial charge in [-0.05, 0) is 36.3 Å². The fourth-order valence-electron chi connectivity index (χ4n) is 2.77. The number of phenols is 1. The Labute approximate surface area is 105 Å². The summed E-state index contributed by atoms with van der Waals surface area (Å²) in [4.78, 5) is 10.9. The third-order valence-corrected chi connectivity index (χ3v) is 3.80. The van der Waals surface area contributed by atoms with Crippen molar-refractivity contribution in [1.82, 2.24) is 0 Å². The molecule has 0 aromatic heterocycles. The summed E-state index contributed by atoms with van der Waals surface area (Å²) < 4.78 is 5.35. The second-order valence-electron chi connectivity index (χ2n) is 5.17. The molecule has 1 aromatic rings. The SMILES string of the molecule is O=C(O)CC(c1cc(O)c2c(c1)CCO2)C1CC1. The number of carboxylic acid groups (broad SMARTS) is 1. The van der Waals surface area contributed by atoms with E-state index in [2.05, 4.69) is 0 Å². The molecule has 0 saturated heterocycles. The predicted octanol–water partition coefficient (Wildman–Crippen LogP) is 2.30. The van der Waals surface area contributed by atoms with Crippen molar-refractivity contribution in [1.29, 1.82) is 0 Å². The Morgan fingerprint density at radius 1 is 1.44 bits per heavy atom. The fourth-order valence-corrected chi connectivity index (χ4v) is 2.77. The molecule has 18 heavy (non-hydrogen) atoms. The van der Waals surface area contributed by atoms with E-state index in [0.29, 0.717) is 18.3 Å². The highest BCUT2D eigenvalue weighted by Crippen LogP contribution is 2.47. The van der Waals surface area contributed by atoms with Crippen molar-refractivity contribution in [2.75, 3.05) is 6.61 Å². The summed E-state index contributed by atoms with van der Waals surface area (Å²) in [6, 6.07) is 3.68. The number of carbonyl (C=O) groups is 1. The molecule has 0 amide bonds. The maximum atomic E-state index is 10.9. The molecule has 1 aliphatic heterocycles. The van der Waals surface area contributed by atoms with Gasteiger partial charge in [0.15, 0.2) is 11.5 Å². The number of rotatable bonds is 4. The highest BCUT2D eigenvalue weighted by molar-refractivity contribution is 5.68. The van der Waals surface area contributed by atoms with Crippen LogP contribution in [-0.2, 0) is 11.2 Å². The first-order valence-corrected chi connectivity index (χ1v) is 6.35. The molecule has 96 valence electrons. The van der Waals surface area contributed by atoms with Crippen molar-refractivity contribution in [3.8, 4) is 11.5 Å². The molecular weight excluding hydrogens is 232 g/mol. The van der Waals surface area contributed by atoms with Crippen molar-refractivity contribution in [3.05, 3.63) is 23.3 Å². The lowest BCUT2D eigenvalue weighted by Crippen LogP contribution is -2.08. The quantitative estimate of drug-likeness (QED) is 0.858. The zero-order chi connectivity index (χ0) is 12.7. The monoisotopic (exact) mass is 248 g/mol. The normalized spacial score (nSPS) is 19.1. The molecule has 1 aromatic carbocycles. The van der Waals surface area contributed by atoms with Gasteiger partial charge in [-0.3, -0.25) is 4.79 Å². The molecule has 1 heterocycles. The van der Waals surface area contributed by atoms with Crippen molar-refractivity contribution in [3.63, 3.8) is 0 Å². The molecule has 0 radical (unpaired) electrons. The smallest absolute Gasteiger partial charge is 0.303 e. The van der Waals surface area contributed by atoms with Crippen molar-refractivity contribution in [2.24, 2.45) is 5.92 Å². The van der Waals surface area contributed by atoms with E-state index in [0.717, 1.165) is 30.4 Å². The van der Waals surface area contributed by atoms with Gasteiger partial charge < -0.3 is 14.9 Å². The van der Waals surface area contributed by atoms with Gasteiger partial charge in [-0.15, -0.1) is 0 Å². The first-order valence-electron chi connectivity index (χ1n) is 6.35. The van der Waals surface area contributed by atoms with Crippen LogP contribution in [0.5, 0.6) is 11.5 Å². The Kier molecular flexibility index (Phi) is 2.65. The fraction of sp³-hybridized carbons (Fsp3) is 0.500. The van der Waals surface area contributed by atoms with Crippen LogP contribution in [0.25, 0.3) is 0 Å². The zero-order valence-electron chi connectivity index (χ0n) is 10.1. The van der Waals surface area contributed by atoms with Gasteiger partial charge in [0.25, 0.3) is 0 Å². The molecule has 4 heteroatoms. The van der Waals surface area contributed by atoms with E-state index in [1.54, 1.807) is 6.07 Å². The van der Waals surface area contributed by atoms with Gasteiger partial charge in [0.1, 0.15) is 0 Å². The van der Waals surface area contributed by atoms with E-state index in [1.165, 1.54) is 0 Å². The average Bonchev–Trinajstić information content (AvgIpc) is 3.03. The summed E-state index contributed by atoms with van der Waals surface area (Å²) in [5.74, 6) is 0.433. The molecule has 1 saturated carbocycles. The lowest BCUT2D eigenvalue weighted by Gasteiger charge is -2.16. The Morgan fingerprint density at radius 2 is 2.22 bits per heavy atom. The number of fused-ring (bicyclic) bond motifs is 1. The number of hydrogen-bond donors (Lipinski definition) is 2. The Morgan fingerprint density at radius 3 is 2.89 bits per heavy atom. The van der Waals surface area contributed by atoms with E-state index in [4.69, 9.17) is 9.84 Å². The molecular formula is C14H16O4. The minimum Gasteiger partial charge on any atom is -0.504 e. The molecule has 0 spiro atoms. The Hall–Kier alpha value is -1.71. The first-order chi connectivity index (χ1) is 8.65. The number of aliphatic carboxylic acids is 1. The summed E-state index contributed by atoms with van der Waals surface area (Å²) in [5, 5.41) is 18.9. The highest BCUT2D eigenvalue weighted by atomic mass is 16.5. The van der Waals surface area contributed by atoms with E-state index >= 15 is 0 Å². The van der Waals surface area contributed by atoms with Crippen LogP contribution in [0.3, 0.4) is 0 Å². The van der Waals surface area contributed by atoms with Gasteiger partial charge >= 0.3 is 5.97 Å². The minimum atomic E-state index is -0.775. The number of phenolic OH excluding ortho intramolecular Hbond substituents is 1. The van der Waals surface area contributed by atoms with Crippen LogP contribution in [0.2, 0.25) is 0 Å². The number of carboxylic acids is 1. The lowest BCUT2D eigenvalue weighted by atomic mass is 9.89. The average molecular weight is 248 g/mol. The zero-order valence-corrected chi connectivity index (χ0v) is 10.1. The third kappa shape index (κ3) is 2.03. The van der Waals surface area contributed by atoms with Crippen LogP contribution >= 0.6 is 0 Å². The summed E-state index contributed by atoms with van der Waals surface area (Å²) in [7, 11) is 0. The molecule has 1 fully saturated rings. The van der Waals surface area contributed by atoms with Gasteiger partial charge in [0, 0.05) is 12.0 Å². The number of ether oxygens (including phenoxy) is 1.